The Balaban J connectivity index is 2.44. The molecule has 1 atom stereocenters. The number of hydrogen-bond donors (Lipinski definition) is 0. The lowest BCUT2D eigenvalue weighted by atomic mass is 10.2. The van der Waals surface area contributed by atoms with E-state index in [1.54, 1.807) is 25.1 Å². The monoisotopic (exact) mass is 260 g/mol. The van der Waals surface area contributed by atoms with E-state index in [1.165, 1.54) is 0 Å². The molecule has 0 fully saturated rings. The Kier molecular flexibility index (Phi) is 3.53. The summed E-state index contributed by atoms with van der Waals surface area (Å²) in [6.07, 6.45) is 0. The summed E-state index contributed by atoms with van der Waals surface area (Å²) >= 11 is 0. The Bertz CT molecular complexity index is 631. The molecular formula is C15H16O2S. The van der Waals surface area contributed by atoms with E-state index in [4.69, 9.17) is 0 Å². The molecule has 0 aliphatic heterocycles. The van der Waals surface area contributed by atoms with Gasteiger partial charge in [-0.2, -0.15) is 0 Å². The zero-order valence-electron chi connectivity index (χ0n) is 10.5. The second-order valence-electron chi connectivity index (χ2n) is 4.41. The first-order chi connectivity index (χ1) is 8.51. The van der Waals surface area contributed by atoms with Gasteiger partial charge >= 0.3 is 0 Å². The van der Waals surface area contributed by atoms with Gasteiger partial charge in [0.15, 0.2) is 9.84 Å². The normalized spacial score (nSPS) is 13.2. The Hall–Kier alpha value is -1.61. The molecule has 2 nitrogen and oxygen atoms in total. The van der Waals surface area contributed by atoms with E-state index in [-0.39, 0.29) is 0 Å². The van der Waals surface area contributed by atoms with Gasteiger partial charge in [-0.05, 0) is 37.1 Å². The summed E-state index contributed by atoms with van der Waals surface area (Å²) in [5.41, 5.74) is 1.77. The van der Waals surface area contributed by atoms with Crippen molar-refractivity contribution in [3.8, 4) is 0 Å². The van der Waals surface area contributed by atoms with Crippen molar-refractivity contribution in [3.05, 3.63) is 65.7 Å². The first kappa shape index (κ1) is 12.8. The number of benzene rings is 2. The van der Waals surface area contributed by atoms with Gasteiger partial charge in [0.2, 0.25) is 0 Å². The summed E-state index contributed by atoms with van der Waals surface area (Å²) in [4.78, 5) is 0.388. The van der Waals surface area contributed by atoms with E-state index in [9.17, 15) is 8.42 Å². The lowest BCUT2D eigenvalue weighted by Crippen LogP contribution is -2.10. The van der Waals surface area contributed by atoms with Crippen molar-refractivity contribution in [1.29, 1.82) is 0 Å². The SMILES string of the molecule is Cc1cccc(S(=O)(=O)C(C)c2ccccc2)c1. The van der Waals surface area contributed by atoms with Crippen LogP contribution in [0.15, 0.2) is 59.5 Å². The summed E-state index contributed by atoms with van der Waals surface area (Å²) in [5.74, 6) is 0. The van der Waals surface area contributed by atoms with Gasteiger partial charge in [0.1, 0.15) is 0 Å². The third kappa shape index (κ3) is 2.46. The molecule has 0 spiro atoms. The van der Waals surface area contributed by atoms with Crippen molar-refractivity contribution in [2.45, 2.75) is 24.0 Å². The lowest BCUT2D eigenvalue weighted by molar-refractivity contribution is 0.586. The van der Waals surface area contributed by atoms with Gasteiger partial charge in [0, 0.05) is 0 Å². The highest BCUT2D eigenvalue weighted by atomic mass is 32.2. The van der Waals surface area contributed by atoms with Crippen LogP contribution >= 0.6 is 0 Å². The second kappa shape index (κ2) is 4.94. The molecular weight excluding hydrogens is 244 g/mol. The topological polar surface area (TPSA) is 34.1 Å². The number of hydrogen-bond acceptors (Lipinski definition) is 2. The van der Waals surface area contributed by atoms with E-state index in [2.05, 4.69) is 0 Å². The fourth-order valence-corrected chi connectivity index (χ4v) is 3.44. The van der Waals surface area contributed by atoms with Gasteiger partial charge in [-0.15, -0.1) is 0 Å². The van der Waals surface area contributed by atoms with Crippen molar-refractivity contribution >= 4 is 9.84 Å². The Morgan fingerprint density at radius 1 is 0.944 bits per heavy atom. The molecule has 0 amide bonds. The number of rotatable bonds is 3. The maximum absolute atomic E-state index is 12.5. The van der Waals surface area contributed by atoms with Crippen molar-refractivity contribution in [2.75, 3.05) is 0 Å². The Morgan fingerprint density at radius 3 is 2.22 bits per heavy atom. The van der Waals surface area contributed by atoms with Crippen LogP contribution in [0.25, 0.3) is 0 Å². The molecule has 2 aromatic carbocycles. The quantitative estimate of drug-likeness (QED) is 0.846. The molecule has 0 aromatic heterocycles. The minimum atomic E-state index is -3.31. The van der Waals surface area contributed by atoms with Gasteiger partial charge in [0.05, 0.1) is 10.1 Å². The van der Waals surface area contributed by atoms with E-state index in [0.717, 1.165) is 11.1 Å². The first-order valence-corrected chi connectivity index (χ1v) is 7.42. The number of aryl methyl sites for hydroxylation is 1. The third-order valence-corrected chi connectivity index (χ3v) is 5.17. The molecule has 3 heteroatoms. The molecule has 0 N–H and O–H groups in total. The molecule has 0 heterocycles. The summed E-state index contributed by atoms with van der Waals surface area (Å²) in [6, 6.07) is 16.3. The predicted molar refractivity (Wildman–Crippen MR) is 73.2 cm³/mol. The second-order valence-corrected chi connectivity index (χ2v) is 6.68. The highest BCUT2D eigenvalue weighted by Crippen LogP contribution is 2.28. The fourth-order valence-electron chi connectivity index (χ4n) is 1.90. The summed E-state index contributed by atoms with van der Waals surface area (Å²) in [6.45, 7) is 3.62. The summed E-state index contributed by atoms with van der Waals surface area (Å²) in [7, 11) is -3.31. The Morgan fingerprint density at radius 2 is 1.61 bits per heavy atom. The van der Waals surface area contributed by atoms with Gasteiger partial charge in [0.25, 0.3) is 0 Å². The molecule has 0 aliphatic carbocycles. The molecule has 0 radical (unpaired) electrons. The molecule has 0 saturated heterocycles. The van der Waals surface area contributed by atoms with E-state index in [0.29, 0.717) is 4.90 Å². The van der Waals surface area contributed by atoms with Gasteiger partial charge < -0.3 is 0 Å². The molecule has 0 aliphatic rings. The van der Waals surface area contributed by atoms with Crippen LogP contribution in [0.2, 0.25) is 0 Å². The zero-order chi connectivity index (χ0) is 13.2. The highest BCUT2D eigenvalue weighted by molar-refractivity contribution is 7.91. The van der Waals surface area contributed by atoms with E-state index in [1.807, 2.05) is 43.3 Å². The van der Waals surface area contributed by atoms with Crippen LogP contribution < -0.4 is 0 Å². The van der Waals surface area contributed by atoms with Gasteiger partial charge in [-0.3, -0.25) is 0 Å². The van der Waals surface area contributed by atoms with Crippen molar-refractivity contribution in [3.63, 3.8) is 0 Å². The van der Waals surface area contributed by atoms with Crippen molar-refractivity contribution in [2.24, 2.45) is 0 Å². The van der Waals surface area contributed by atoms with Crippen LogP contribution in [0.4, 0.5) is 0 Å². The minimum Gasteiger partial charge on any atom is -0.223 e. The molecule has 2 aromatic rings. The fraction of sp³-hybridized carbons (Fsp3) is 0.200. The summed E-state index contributed by atoms with van der Waals surface area (Å²) < 4.78 is 25.0. The molecule has 0 bridgehead atoms. The van der Waals surface area contributed by atoms with Crippen LogP contribution in [-0.4, -0.2) is 8.42 Å². The van der Waals surface area contributed by atoms with E-state index >= 15 is 0 Å². The smallest absolute Gasteiger partial charge is 0.185 e. The average molecular weight is 260 g/mol. The summed E-state index contributed by atoms with van der Waals surface area (Å²) in [5, 5.41) is -0.527. The number of sulfone groups is 1. The highest BCUT2D eigenvalue weighted by Gasteiger charge is 2.24. The predicted octanol–water partition coefficient (Wildman–Crippen LogP) is 3.53. The first-order valence-electron chi connectivity index (χ1n) is 5.87. The zero-order valence-corrected chi connectivity index (χ0v) is 11.3. The largest absolute Gasteiger partial charge is 0.223 e. The van der Waals surface area contributed by atoms with E-state index < -0.39 is 15.1 Å². The van der Waals surface area contributed by atoms with Crippen LogP contribution in [-0.2, 0) is 9.84 Å². The molecule has 1 unspecified atom stereocenters. The minimum absolute atomic E-state index is 0.388. The van der Waals surface area contributed by atoms with Crippen LogP contribution in [0.5, 0.6) is 0 Å². The molecule has 2 rings (SSSR count). The third-order valence-electron chi connectivity index (χ3n) is 3.05. The van der Waals surface area contributed by atoms with Crippen LogP contribution in [0.1, 0.15) is 23.3 Å². The van der Waals surface area contributed by atoms with Crippen molar-refractivity contribution in [1.82, 2.24) is 0 Å². The maximum atomic E-state index is 12.5. The molecule has 94 valence electrons. The lowest BCUT2D eigenvalue weighted by Gasteiger charge is -2.13. The average Bonchev–Trinajstić information content (AvgIpc) is 2.39. The van der Waals surface area contributed by atoms with Crippen LogP contribution in [0, 0.1) is 6.92 Å². The Labute approximate surface area is 108 Å². The molecule has 18 heavy (non-hydrogen) atoms. The maximum Gasteiger partial charge on any atom is 0.185 e. The van der Waals surface area contributed by atoms with Gasteiger partial charge in [-0.25, -0.2) is 8.42 Å². The molecule has 0 saturated carbocycles. The van der Waals surface area contributed by atoms with Gasteiger partial charge in [-0.1, -0.05) is 42.5 Å². The van der Waals surface area contributed by atoms with Crippen LogP contribution in [0.3, 0.4) is 0 Å². The van der Waals surface area contributed by atoms with Crippen molar-refractivity contribution < 1.29 is 8.42 Å². The standard InChI is InChI=1S/C15H16O2S/c1-12-7-6-10-15(11-12)18(16,17)13(2)14-8-4-3-5-9-14/h3-11,13H,1-2H3.